The van der Waals surface area contributed by atoms with Crippen LogP contribution in [0.25, 0.3) is 10.9 Å². The van der Waals surface area contributed by atoms with Crippen LogP contribution in [0.1, 0.15) is 6.42 Å². The third-order valence-corrected chi connectivity index (χ3v) is 6.84. The van der Waals surface area contributed by atoms with Gasteiger partial charge in [-0.1, -0.05) is 12.1 Å². The van der Waals surface area contributed by atoms with Gasteiger partial charge in [0.15, 0.2) is 0 Å². The van der Waals surface area contributed by atoms with Gasteiger partial charge in [-0.2, -0.15) is 0 Å². The summed E-state index contributed by atoms with van der Waals surface area (Å²) < 4.78 is 19.4. The lowest BCUT2D eigenvalue weighted by Gasteiger charge is -2.34. The standard InChI is InChI=1S/C30H34FN7O3/c31-22-4-1-5-23(18-22)35-30(40)36-25-7-2-6-24(19-25)34-29-27-9-8-26(20-28(27)32-21-33-29)41-17-3-10-37-11-13-38(14-12-37)15-16-39/h1-2,4-9,18-21,39H,3,10-17H2,(H,32,33,34)(H2,35,36,40). The first-order valence-corrected chi connectivity index (χ1v) is 13.7. The van der Waals surface area contributed by atoms with Gasteiger partial charge in [-0.05, 0) is 55.0 Å². The van der Waals surface area contributed by atoms with Gasteiger partial charge in [0.25, 0.3) is 0 Å². The SMILES string of the molecule is O=C(Nc1cccc(F)c1)Nc1cccc(Nc2ncnc3cc(OCCCN4CCN(CCO)CC4)ccc23)c1. The van der Waals surface area contributed by atoms with Crippen molar-refractivity contribution in [3.63, 3.8) is 0 Å². The number of aliphatic hydroxyl groups excluding tert-OH is 1. The van der Waals surface area contributed by atoms with Crippen molar-refractivity contribution in [2.45, 2.75) is 6.42 Å². The Balaban J connectivity index is 1.14. The number of fused-ring (bicyclic) bond motifs is 1. The largest absolute Gasteiger partial charge is 0.493 e. The molecule has 5 rings (SSSR count). The predicted molar refractivity (Wildman–Crippen MR) is 158 cm³/mol. The minimum atomic E-state index is -0.478. The third kappa shape index (κ3) is 8.10. The first-order chi connectivity index (χ1) is 20.1. The Morgan fingerprint density at radius 1 is 0.878 bits per heavy atom. The number of aromatic nitrogens is 2. The Kier molecular flexibility index (Phi) is 9.53. The van der Waals surface area contributed by atoms with Crippen LogP contribution in [0.3, 0.4) is 0 Å². The van der Waals surface area contributed by atoms with Crippen molar-refractivity contribution in [1.29, 1.82) is 0 Å². The van der Waals surface area contributed by atoms with Crippen LogP contribution in [-0.2, 0) is 0 Å². The maximum Gasteiger partial charge on any atom is 0.323 e. The molecule has 0 unspecified atom stereocenters. The van der Waals surface area contributed by atoms with Gasteiger partial charge in [-0.15, -0.1) is 0 Å². The molecular formula is C30H34FN7O3. The predicted octanol–water partition coefficient (Wildman–Crippen LogP) is 4.54. The van der Waals surface area contributed by atoms with E-state index in [1.807, 2.05) is 30.3 Å². The van der Waals surface area contributed by atoms with Crippen LogP contribution in [0, 0.1) is 5.82 Å². The zero-order chi connectivity index (χ0) is 28.4. The molecule has 4 N–H and O–H groups in total. The molecule has 1 saturated heterocycles. The van der Waals surface area contributed by atoms with E-state index in [2.05, 4.69) is 35.7 Å². The summed E-state index contributed by atoms with van der Waals surface area (Å²) in [5, 5.41) is 18.6. The lowest BCUT2D eigenvalue weighted by Crippen LogP contribution is -2.47. The zero-order valence-electron chi connectivity index (χ0n) is 22.7. The number of rotatable bonds is 11. The van der Waals surface area contributed by atoms with E-state index in [4.69, 9.17) is 9.84 Å². The number of amides is 2. The molecule has 10 nitrogen and oxygen atoms in total. The van der Waals surface area contributed by atoms with E-state index < -0.39 is 11.8 Å². The molecule has 0 saturated carbocycles. The molecule has 2 amide bonds. The Morgan fingerprint density at radius 2 is 1.59 bits per heavy atom. The van der Waals surface area contributed by atoms with Gasteiger partial charge in [0.2, 0.25) is 0 Å². The topological polar surface area (TPSA) is 115 Å². The Bertz CT molecular complexity index is 1460. The number of aliphatic hydroxyl groups is 1. The fourth-order valence-corrected chi connectivity index (χ4v) is 4.75. The molecule has 4 aromatic rings. The lowest BCUT2D eigenvalue weighted by atomic mass is 10.2. The molecule has 0 radical (unpaired) electrons. The number of carbonyl (C=O) groups excluding carboxylic acids is 1. The number of hydrogen-bond donors (Lipinski definition) is 4. The maximum atomic E-state index is 13.4. The number of nitrogens with one attached hydrogen (secondary N) is 3. The van der Waals surface area contributed by atoms with Crippen LogP contribution in [0.4, 0.5) is 32.1 Å². The van der Waals surface area contributed by atoms with Gasteiger partial charge in [0.05, 0.1) is 18.7 Å². The molecule has 41 heavy (non-hydrogen) atoms. The van der Waals surface area contributed by atoms with Crippen molar-refractivity contribution in [1.82, 2.24) is 19.8 Å². The number of carbonyl (C=O) groups is 1. The third-order valence-electron chi connectivity index (χ3n) is 6.84. The van der Waals surface area contributed by atoms with Gasteiger partial charge < -0.3 is 30.7 Å². The summed E-state index contributed by atoms with van der Waals surface area (Å²) in [5.41, 5.74) is 2.40. The van der Waals surface area contributed by atoms with Crippen LogP contribution < -0.4 is 20.7 Å². The molecule has 0 bridgehead atoms. The second-order valence-corrected chi connectivity index (χ2v) is 9.81. The van der Waals surface area contributed by atoms with Crippen LogP contribution in [0.15, 0.2) is 73.1 Å². The summed E-state index contributed by atoms with van der Waals surface area (Å²) in [6.45, 7) is 6.59. The minimum absolute atomic E-state index is 0.216. The van der Waals surface area contributed by atoms with Crippen LogP contribution in [-0.4, -0.2) is 83.4 Å². The summed E-state index contributed by atoms with van der Waals surface area (Å²) in [6, 6.07) is 18.2. The number of urea groups is 1. The van der Waals surface area contributed by atoms with Gasteiger partial charge in [-0.3, -0.25) is 4.90 Å². The molecule has 1 aliphatic heterocycles. The number of anilines is 4. The maximum absolute atomic E-state index is 13.4. The Labute approximate surface area is 238 Å². The van der Waals surface area contributed by atoms with E-state index in [0.29, 0.717) is 23.8 Å². The number of piperazine rings is 1. The molecule has 1 aliphatic rings. The van der Waals surface area contributed by atoms with Gasteiger partial charge in [-0.25, -0.2) is 19.2 Å². The second kappa shape index (κ2) is 13.8. The summed E-state index contributed by atoms with van der Waals surface area (Å²) in [7, 11) is 0. The highest BCUT2D eigenvalue weighted by molar-refractivity contribution is 6.00. The molecule has 0 aliphatic carbocycles. The fourth-order valence-electron chi connectivity index (χ4n) is 4.75. The van der Waals surface area contributed by atoms with E-state index >= 15 is 0 Å². The number of nitrogens with zero attached hydrogens (tertiary/aromatic N) is 4. The van der Waals surface area contributed by atoms with Crippen LogP contribution in [0.5, 0.6) is 5.75 Å². The molecule has 214 valence electrons. The normalized spacial score (nSPS) is 14.1. The lowest BCUT2D eigenvalue weighted by molar-refractivity contribution is 0.108. The molecular weight excluding hydrogens is 525 g/mol. The highest BCUT2D eigenvalue weighted by Gasteiger charge is 2.15. The number of ether oxygens (including phenoxy) is 1. The van der Waals surface area contributed by atoms with Crippen molar-refractivity contribution in [2.75, 3.05) is 68.4 Å². The van der Waals surface area contributed by atoms with Crippen molar-refractivity contribution in [3.05, 3.63) is 78.9 Å². The fraction of sp³-hybridized carbons (Fsp3) is 0.300. The second-order valence-electron chi connectivity index (χ2n) is 9.81. The van der Waals surface area contributed by atoms with E-state index in [-0.39, 0.29) is 6.61 Å². The molecule has 11 heteroatoms. The highest BCUT2D eigenvalue weighted by atomic mass is 19.1. The molecule has 2 heterocycles. The summed E-state index contributed by atoms with van der Waals surface area (Å²) in [4.78, 5) is 25.9. The average Bonchev–Trinajstić information content (AvgIpc) is 2.96. The van der Waals surface area contributed by atoms with Crippen LogP contribution in [0.2, 0.25) is 0 Å². The van der Waals surface area contributed by atoms with Gasteiger partial charge in [0, 0.05) is 67.8 Å². The van der Waals surface area contributed by atoms with Crippen molar-refractivity contribution < 1.29 is 19.0 Å². The Morgan fingerprint density at radius 3 is 2.34 bits per heavy atom. The summed E-state index contributed by atoms with van der Waals surface area (Å²) in [5.74, 6) is 0.957. The number of benzene rings is 3. The number of halogens is 1. The van der Waals surface area contributed by atoms with E-state index in [1.54, 1.807) is 18.2 Å². The van der Waals surface area contributed by atoms with Crippen molar-refractivity contribution in [2.24, 2.45) is 0 Å². The number of β-amino-alcohol motifs (C(OH)–C–C–N with tert-alkyl or cyclic N) is 1. The smallest absolute Gasteiger partial charge is 0.323 e. The first kappa shape index (κ1) is 28.2. The van der Waals surface area contributed by atoms with Crippen molar-refractivity contribution >= 4 is 39.8 Å². The van der Waals surface area contributed by atoms with E-state index in [9.17, 15) is 9.18 Å². The molecule has 1 aromatic heterocycles. The summed E-state index contributed by atoms with van der Waals surface area (Å²) in [6.07, 6.45) is 2.43. The van der Waals surface area contributed by atoms with Gasteiger partial charge >= 0.3 is 6.03 Å². The Hall–Kier alpha value is -4.32. The molecule has 0 atom stereocenters. The van der Waals surface area contributed by atoms with Crippen LogP contribution >= 0.6 is 0 Å². The average molecular weight is 560 g/mol. The molecule has 3 aromatic carbocycles. The van der Waals surface area contributed by atoms with Gasteiger partial charge in [0.1, 0.15) is 23.7 Å². The quantitative estimate of drug-likeness (QED) is 0.198. The zero-order valence-corrected chi connectivity index (χ0v) is 22.7. The first-order valence-electron chi connectivity index (χ1n) is 13.7. The van der Waals surface area contributed by atoms with Crippen molar-refractivity contribution in [3.8, 4) is 5.75 Å². The highest BCUT2D eigenvalue weighted by Crippen LogP contribution is 2.27. The number of hydrogen-bond acceptors (Lipinski definition) is 8. The van der Waals surface area contributed by atoms with E-state index in [0.717, 1.165) is 68.0 Å². The minimum Gasteiger partial charge on any atom is -0.493 e. The molecule has 0 spiro atoms. The van der Waals surface area contributed by atoms with E-state index in [1.165, 1.54) is 24.5 Å². The monoisotopic (exact) mass is 559 g/mol. The summed E-state index contributed by atoms with van der Waals surface area (Å²) >= 11 is 0. The molecule has 1 fully saturated rings.